The second kappa shape index (κ2) is 14.7. The molecular weight excluding hydrogens is 753 g/mol. The van der Waals surface area contributed by atoms with Crippen LogP contribution in [0.1, 0.15) is 0 Å². The molecule has 4 nitrogen and oxygen atoms in total. The lowest BCUT2D eigenvalue weighted by Gasteiger charge is -2.15. The molecule has 3 heterocycles. The van der Waals surface area contributed by atoms with Gasteiger partial charge in [-0.1, -0.05) is 176 Å². The summed E-state index contributed by atoms with van der Waals surface area (Å²) in [5.74, 6) is 0.641. The van der Waals surface area contributed by atoms with Crippen LogP contribution in [-0.2, 0) is 0 Å². The lowest BCUT2D eigenvalue weighted by molar-refractivity contribution is 0.995. The Hall–Kier alpha value is -8.34. The van der Waals surface area contributed by atoms with Crippen molar-refractivity contribution in [3.8, 4) is 67.5 Å². The van der Waals surface area contributed by atoms with Gasteiger partial charge in [0.25, 0.3) is 0 Å². The zero-order valence-electron chi connectivity index (χ0n) is 33.7. The third-order valence-electron chi connectivity index (χ3n) is 12.2. The number of hydrogen-bond donors (Lipinski definition) is 0. The largest absolute Gasteiger partial charge is 0.309 e. The molecule has 0 saturated heterocycles. The summed E-state index contributed by atoms with van der Waals surface area (Å²) in [5.41, 5.74) is 16.6. The van der Waals surface area contributed by atoms with Crippen LogP contribution in [0.5, 0.6) is 0 Å². The number of para-hydroxylation sites is 3. The van der Waals surface area contributed by atoms with Gasteiger partial charge in [0.1, 0.15) is 0 Å². The van der Waals surface area contributed by atoms with Gasteiger partial charge in [0.05, 0.1) is 33.5 Å². The second-order valence-corrected chi connectivity index (χ2v) is 15.8. The van der Waals surface area contributed by atoms with E-state index < -0.39 is 0 Å². The smallest absolute Gasteiger partial charge is 0.235 e. The first-order chi connectivity index (χ1) is 30.8. The molecule has 62 heavy (non-hydrogen) atoms. The van der Waals surface area contributed by atoms with Crippen LogP contribution in [0.3, 0.4) is 0 Å². The highest BCUT2D eigenvalue weighted by molar-refractivity contribution is 6.12. The van der Waals surface area contributed by atoms with E-state index in [0.29, 0.717) is 5.95 Å². The minimum absolute atomic E-state index is 0.641. The maximum absolute atomic E-state index is 5.25. The van der Waals surface area contributed by atoms with Crippen molar-refractivity contribution in [2.24, 2.45) is 0 Å². The van der Waals surface area contributed by atoms with Crippen LogP contribution in [0.4, 0.5) is 0 Å². The maximum Gasteiger partial charge on any atom is 0.235 e. The number of nitrogens with zero attached hydrogens (tertiary/aromatic N) is 4. The standard InChI is InChI=1S/C58H38N4/c1-4-18-39(19-5-1)52-38-53(40-20-6-2-7-21-40)60-58(59-52)62-55-31-17-15-29-49(55)51-37-42(33-35-57(51)62)45-25-11-13-27-47(45)46-26-12-10-24-44(46)41-32-34-56-50(36-41)48-28-14-16-30-54(48)61(56)43-22-8-3-9-23-43/h1-38H. The van der Waals surface area contributed by atoms with Crippen LogP contribution in [0.2, 0.25) is 0 Å². The highest BCUT2D eigenvalue weighted by Gasteiger charge is 2.20. The monoisotopic (exact) mass is 790 g/mol. The first-order valence-corrected chi connectivity index (χ1v) is 21.1. The topological polar surface area (TPSA) is 35.6 Å². The van der Waals surface area contributed by atoms with Crippen LogP contribution in [0.25, 0.3) is 111 Å². The summed E-state index contributed by atoms with van der Waals surface area (Å²) in [6, 6.07) is 82.2. The van der Waals surface area contributed by atoms with Crippen molar-refractivity contribution in [3.63, 3.8) is 0 Å². The Kier molecular flexibility index (Phi) is 8.46. The van der Waals surface area contributed by atoms with E-state index in [1.54, 1.807) is 0 Å². The van der Waals surface area contributed by atoms with E-state index in [-0.39, 0.29) is 0 Å². The highest BCUT2D eigenvalue weighted by atomic mass is 15.2. The normalized spacial score (nSPS) is 11.5. The molecule has 0 radical (unpaired) electrons. The molecule has 0 spiro atoms. The van der Waals surface area contributed by atoms with Crippen LogP contribution < -0.4 is 0 Å². The minimum atomic E-state index is 0.641. The van der Waals surface area contributed by atoms with Crippen molar-refractivity contribution in [1.29, 1.82) is 0 Å². The van der Waals surface area contributed by atoms with Crippen molar-refractivity contribution >= 4 is 43.6 Å². The Labute approximate surface area is 359 Å². The average Bonchev–Trinajstić information content (AvgIpc) is 3.87. The third kappa shape index (κ3) is 5.92. The van der Waals surface area contributed by atoms with Crippen LogP contribution >= 0.6 is 0 Å². The van der Waals surface area contributed by atoms with Gasteiger partial charge < -0.3 is 4.57 Å². The van der Waals surface area contributed by atoms with Crippen LogP contribution in [0.15, 0.2) is 231 Å². The number of rotatable bonds is 7. The quantitative estimate of drug-likeness (QED) is 0.161. The lowest BCUT2D eigenvalue weighted by atomic mass is 9.89. The number of aromatic nitrogens is 4. The van der Waals surface area contributed by atoms with Crippen molar-refractivity contribution < 1.29 is 0 Å². The summed E-state index contributed by atoms with van der Waals surface area (Å²) < 4.78 is 4.59. The van der Waals surface area contributed by atoms with Gasteiger partial charge in [-0.3, -0.25) is 4.57 Å². The molecule has 0 saturated carbocycles. The molecule has 0 aliphatic rings. The molecule has 0 N–H and O–H groups in total. The molecular formula is C58H38N4. The zero-order valence-corrected chi connectivity index (χ0v) is 33.7. The molecule has 0 aliphatic carbocycles. The van der Waals surface area contributed by atoms with Crippen LogP contribution in [0, 0.1) is 0 Å². The Morgan fingerprint density at radius 1 is 0.258 bits per heavy atom. The summed E-state index contributed by atoms with van der Waals surface area (Å²) in [6.45, 7) is 0. The zero-order chi connectivity index (χ0) is 41.0. The molecule has 290 valence electrons. The molecule has 0 unspecified atom stereocenters. The summed E-state index contributed by atoms with van der Waals surface area (Å²) >= 11 is 0. The number of benzene rings is 9. The van der Waals surface area contributed by atoms with Gasteiger partial charge in [-0.25, -0.2) is 9.97 Å². The van der Waals surface area contributed by atoms with E-state index in [2.05, 4.69) is 228 Å². The molecule has 0 bridgehead atoms. The fourth-order valence-electron chi connectivity index (χ4n) is 9.34. The first-order valence-electron chi connectivity index (χ1n) is 21.1. The fraction of sp³-hybridized carbons (Fsp3) is 0. The Morgan fingerprint density at radius 3 is 1.16 bits per heavy atom. The van der Waals surface area contributed by atoms with Gasteiger partial charge in [0, 0.05) is 38.4 Å². The summed E-state index contributed by atoms with van der Waals surface area (Å²) in [6.07, 6.45) is 0. The minimum Gasteiger partial charge on any atom is -0.309 e. The van der Waals surface area contributed by atoms with E-state index in [4.69, 9.17) is 9.97 Å². The van der Waals surface area contributed by atoms with E-state index >= 15 is 0 Å². The number of hydrogen-bond acceptors (Lipinski definition) is 2. The van der Waals surface area contributed by atoms with E-state index in [1.165, 1.54) is 49.6 Å². The molecule has 0 amide bonds. The summed E-state index contributed by atoms with van der Waals surface area (Å²) in [5, 5.41) is 4.78. The van der Waals surface area contributed by atoms with Gasteiger partial charge in [0.2, 0.25) is 5.95 Å². The Balaban J connectivity index is 1.01. The molecule has 4 heteroatoms. The van der Waals surface area contributed by atoms with Gasteiger partial charge in [0.15, 0.2) is 0 Å². The highest BCUT2D eigenvalue weighted by Crippen LogP contribution is 2.42. The molecule has 0 fully saturated rings. The van der Waals surface area contributed by atoms with Crippen molar-refractivity contribution in [1.82, 2.24) is 19.1 Å². The predicted molar refractivity (Wildman–Crippen MR) is 258 cm³/mol. The van der Waals surface area contributed by atoms with Crippen LogP contribution in [-0.4, -0.2) is 19.1 Å². The Morgan fingerprint density at radius 2 is 0.645 bits per heavy atom. The van der Waals surface area contributed by atoms with Gasteiger partial charge in [-0.2, -0.15) is 0 Å². The predicted octanol–water partition coefficient (Wildman–Crippen LogP) is 15.0. The molecule has 12 rings (SSSR count). The maximum atomic E-state index is 5.25. The van der Waals surface area contributed by atoms with Crippen molar-refractivity contribution in [2.75, 3.05) is 0 Å². The average molecular weight is 791 g/mol. The van der Waals surface area contributed by atoms with Gasteiger partial charge >= 0.3 is 0 Å². The fourth-order valence-corrected chi connectivity index (χ4v) is 9.34. The van der Waals surface area contributed by atoms with Gasteiger partial charge in [-0.15, -0.1) is 0 Å². The first kappa shape index (κ1) is 35.6. The third-order valence-corrected chi connectivity index (χ3v) is 12.2. The molecule has 0 atom stereocenters. The Bertz CT molecular complexity index is 3560. The molecule has 0 aliphatic heterocycles. The van der Waals surface area contributed by atoms with Crippen molar-refractivity contribution in [2.45, 2.75) is 0 Å². The molecule has 12 aromatic rings. The van der Waals surface area contributed by atoms with E-state index in [1.807, 2.05) is 12.1 Å². The molecule has 9 aromatic carbocycles. The van der Waals surface area contributed by atoms with Crippen molar-refractivity contribution in [3.05, 3.63) is 231 Å². The molecule has 3 aromatic heterocycles. The number of fused-ring (bicyclic) bond motifs is 6. The van der Waals surface area contributed by atoms with E-state index in [9.17, 15) is 0 Å². The SMILES string of the molecule is c1ccc(-c2cc(-c3ccccc3)nc(-n3c4ccccc4c4cc(-c5ccccc5-c5ccccc5-c5ccc6c(c5)c5ccccc5n6-c5ccccc5)ccc43)n2)cc1. The summed E-state index contributed by atoms with van der Waals surface area (Å²) in [7, 11) is 0. The lowest BCUT2D eigenvalue weighted by Crippen LogP contribution is -2.04. The second-order valence-electron chi connectivity index (χ2n) is 15.8. The van der Waals surface area contributed by atoms with E-state index in [0.717, 1.165) is 55.6 Å². The van der Waals surface area contributed by atoms with Gasteiger partial charge in [-0.05, 0) is 88.0 Å². The summed E-state index contributed by atoms with van der Waals surface area (Å²) in [4.78, 5) is 10.5.